The summed E-state index contributed by atoms with van der Waals surface area (Å²) >= 11 is 5.82. The van der Waals surface area contributed by atoms with Crippen LogP contribution >= 0.6 is 11.6 Å². The summed E-state index contributed by atoms with van der Waals surface area (Å²) in [5.74, 6) is -0.356. The van der Waals surface area contributed by atoms with Crippen molar-refractivity contribution in [3.63, 3.8) is 0 Å². The lowest BCUT2D eigenvalue weighted by atomic mass is 10.1. The van der Waals surface area contributed by atoms with Crippen LogP contribution in [0.2, 0.25) is 0 Å². The second kappa shape index (κ2) is 7.55. The average Bonchev–Trinajstić information content (AvgIpc) is 3.01. The van der Waals surface area contributed by atoms with E-state index in [-0.39, 0.29) is 29.4 Å². The van der Waals surface area contributed by atoms with Crippen LogP contribution in [0.4, 0.5) is 0 Å². The summed E-state index contributed by atoms with van der Waals surface area (Å²) < 4.78 is 4.65. The summed E-state index contributed by atoms with van der Waals surface area (Å²) in [7, 11) is 1.32. The first kappa shape index (κ1) is 16.7. The maximum absolute atomic E-state index is 11.4. The van der Waals surface area contributed by atoms with Gasteiger partial charge in [-0.3, -0.25) is 9.69 Å². The highest BCUT2D eigenvalue weighted by atomic mass is 35.5. The largest absolute Gasteiger partial charge is 0.612 e. The molecule has 0 radical (unpaired) electrons. The average molecular weight is 330 g/mol. The van der Waals surface area contributed by atoms with Crippen LogP contribution in [-0.4, -0.2) is 58.9 Å². The van der Waals surface area contributed by atoms with Crippen LogP contribution in [0.5, 0.6) is 0 Å². The van der Waals surface area contributed by atoms with E-state index in [2.05, 4.69) is 14.7 Å². The van der Waals surface area contributed by atoms with Gasteiger partial charge in [0.15, 0.2) is 6.17 Å². The van der Waals surface area contributed by atoms with Gasteiger partial charge in [0.1, 0.15) is 6.21 Å². The number of hydrogen-bond acceptors (Lipinski definition) is 7. The third-order valence-corrected chi connectivity index (χ3v) is 4.11. The molecule has 0 spiro atoms. The number of carbonyl (C=O) groups excluding carboxylic acids is 1. The minimum absolute atomic E-state index is 0.0170. The number of aliphatic imine (C=N–C) groups is 2. The highest BCUT2D eigenvalue weighted by Gasteiger charge is 2.36. The number of hydrogen-bond donors (Lipinski definition) is 0. The van der Waals surface area contributed by atoms with Gasteiger partial charge in [-0.15, -0.1) is 0 Å². The van der Waals surface area contributed by atoms with Crippen LogP contribution in [0.25, 0.3) is 0 Å². The molecule has 2 rings (SSSR count). The monoisotopic (exact) mass is 329 g/mol. The number of rotatable bonds is 5. The van der Waals surface area contributed by atoms with E-state index in [1.165, 1.54) is 7.11 Å². The van der Waals surface area contributed by atoms with Crippen molar-refractivity contribution in [1.82, 2.24) is 4.90 Å². The molecule has 9 heteroatoms. The predicted octanol–water partition coefficient (Wildman–Crippen LogP) is 1.25. The molecule has 0 amide bonds. The number of amidine groups is 1. The van der Waals surface area contributed by atoms with Crippen molar-refractivity contribution < 1.29 is 14.4 Å². The summed E-state index contributed by atoms with van der Waals surface area (Å²) in [6.45, 7) is 0.334. The molecule has 1 aliphatic heterocycles. The van der Waals surface area contributed by atoms with Crippen LogP contribution in [0.15, 0.2) is 9.98 Å². The smallest absolute Gasteiger partial charge is 0.306 e. The molecule has 8 nitrogen and oxygen atoms in total. The summed E-state index contributed by atoms with van der Waals surface area (Å²) in [5, 5.41) is 22.4. The van der Waals surface area contributed by atoms with Crippen LogP contribution in [0.1, 0.15) is 32.1 Å². The molecular weight excluding hydrogens is 312 g/mol. The molecule has 1 saturated carbocycles. The third kappa shape index (κ3) is 3.95. The van der Waals surface area contributed by atoms with Crippen LogP contribution in [-0.2, 0) is 9.53 Å². The maximum Gasteiger partial charge on any atom is 0.306 e. The highest BCUT2D eigenvalue weighted by Crippen LogP contribution is 2.27. The van der Waals surface area contributed by atoms with Gasteiger partial charge >= 0.3 is 5.97 Å². The van der Waals surface area contributed by atoms with Gasteiger partial charge in [0.2, 0.25) is 5.29 Å². The van der Waals surface area contributed by atoms with Crippen LogP contribution < -0.4 is 0 Å². The first-order chi connectivity index (χ1) is 10.5. The fourth-order valence-corrected chi connectivity index (χ4v) is 2.98. The lowest BCUT2D eigenvalue weighted by Gasteiger charge is -2.33. The van der Waals surface area contributed by atoms with Crippen molar-refractivity contribution in [1.29, 1.82) is 0 Å². The minimum Gasteiger partial charge on any atom is -0.612 e. The topological polar surface area (TPSA) is 103 Å². The Kier molecular flexibility index (Phi) is 5.73. The van der Waals surface area contributed by atoms with Gasteiger partial charge in [0.05, 0.1) is 13.5 Å². The Morgan fingerprint density at radius 2 is 2.18 bits per heavy atom. The number of methoxy groups -OCH3 is 1. The van der Waals surface area contributed by atoms with E-state index in [9.17, 15) is 15.2 Å². The van der Waals surface area contributed by atoms with E-state index in [1.807, 2.05) is 4.90 Å². The van der Waals surface area contributed by atoms with Gasteiger partial charge < -0.3 is 15.2 Å². The molecule has 1 atom stereocenters. The molecule has 0 bridgehead atoms. The summed E-state index contributed by atoms with van der Waals surface area (Å²) in [6, 6.07) is 0.143. The Labute approximate surface area is 133 Å². The molecule has 2 aliphatic rings. The molecule has 0 saturated heterocycles. The first-order valence-corrected chi connectivity index (χ1v) is 7.52. The third-order valence-electron chi connectivity index (χ3n) is 3.92. The second-order valence-electron chi connectivity index (χ2n) is 5.21. The van der Waals surface area contributed by atoms with Crippen molar-refractivity contribution in [3.05, 3.63) is 10.4 Å². The lowest BCUT2D eigenvalue weighted by Crippen LogP contribution is -2.49. The van der Waals surface area contributed by atoms with Gasteiger partial charge in [-0.2, -0.15) is 4.90 Å². The molecular formula is C13H18ClN4O4-. The number of ether oxygens (including phenoxy) is 1. The zero-order chi connectivity index (χ0) is 16.1. The number of halogens is 1. The summed E-state index contributed by atoms with van der Waals surface area (Å²) in [4.78, 5) is 20.6. The molecule has 1 aliphatic carbocycles. The molecule has 1 fully saturated rings. The predicted molar refractivity (Wildman–Crippen MR) is 83.2 cm³/mol. The molecule has 0 N–H and O–H groups in total. The van der Waals surface area contributed by atoms with Crippen LogP contribution in [0.3, 0.4) is 0 Å². The van der Waals surface area contributed by atoms with E-state index < -0.39 is 11.1 Å². The molecule has 0 aromatic carbocycles. The quantitative estimate of drug-likeness (QED) is 0.327. The zero-order valence-electron chi connectivity index (χ0n) is 12.3. The lowest BCUT2D eigenvalue weighted by molar-refractivity contribution is -0.379. The maximum atomic E-state index is 11.4. The zero-order valence-corrected chi connectivity index (χ0v) is 13.0. The molecule has 122 valence electrons. The minimum atomic E-state index is -0.812. The number of esters is 1. The molecule has 1 heterocycles. The van der Waals surface area contributed by atoms with Gasteiger partial charge in [0.25, 0.3) is 5.71 Å². The molecule has 0 aromatic rings. The number of nitrogens with zero attached hydrogens (tertiary/aromatic N) is 4. The van der Waals surface area contributed by atoms with E-state index in [1.54, 1.807) is 0 Å². The summed E-state index contributed by atoms with van der Waals surface area (Å²) in [5.41, 5.74) is -0.124. The van der Waals surface area contributed by atoms with Crippen molar-refractivity contribution in [2.45, 2.75) is 44.3 Å². The fourth-order valence-electron chi connectivity index (χ4n) is 2.83. The molecule has 0 aromatic heterocycles. The summed E-state index contributed by atoms with van der Waals surface area (Å²) in [6.07, 6.45) is 4.45. The molecule has 1 unspecified atom stereocenters. The fraction of sp³-hybridized carbons (Fsp3) is 0.692. The van der Waals surface area contributed by atoms with Gasteiger partial charge in [-0.25, -0.2) is 9.98 Å². The van der Waals surface area contributed by atoms with E-state index in [4.69, 9.17) is 11.6 Å². The van der Waals surface area contributed by atoms with Gasteiger partial charge in [0, 0.05) is 12.6 Å². The Morgan fingerprint density at radius 1 is 1.50 bits per heavy atom. The molecule has 22 heavy (non-hydrogen) atoms. The highest BCUT2D eigenvalue weighted by molar-refractivity contribution is 6.66. The van der Waals surface area contributed by atoms with E-state index >= 15 is 0 Å². The van der Waals surface area contributed by atoms with E-state index in [0.717, 1.165) is 31.9 Å². The van der Waals surface area contributed by atoms with Crippen molar-refractivity contribution in [3.8, 4) is 0 Å². The van der Waals surface area contributed by atoms with Crippen molar-refractivity contribution in [2.75, 3.05) is 13.7 Å². The standard InChI is InChI=1S/C13H18ClN4O4/c1-22-11(19)6-7-17(9-4-2-3-5-9)12-10(18(20)21)8-15-13(14)16-12/h8-9,12H,2-7H2,1H3/q-1. The van der Waals surface area contributed by atoms with Gasteiger partial charge in [-0.1, -0.05) is 12.8 Å². The van der Waals surface area contributed by atoms with Crippen molar-refractivity contribution >= 4 is 34.8 Å². The normalized spacial score (nSPS) is 22.0. The van der Waals surface area contributed by atoms with Gasteiger partial charge in [-0.05, 0) is 24.4 Å². The van der Waals surface area contributed by atoms with Crippen LogP contribution in [0, 0.1) is 10.4 Å². The second-order valence-corrected chi connectivity index (χ2v) is 5.55. The Bertz CT molecular complexity index is 510. The Balaban J connectivity index is 2.23. The number of carbonyl (C=O) groups is 1. The van der Waals surface area contributed by atoms with E-state index in [0.29, 0.717) is 6.54 Å². The first-order valence-electron chi connectivity index (χ1n) is 7.14. The Morgan fingerprint density at radius 3 is 2.77 bits per heavy atom. The van der Waals surface area contributed by atoms with Crippen molar-refractivity contribution in [2.24, 2.45) is 9.98 Å². The SMILES string of the molecule is COC(=O)CCN(C1CCCC1)C1N=C(Cl)N=CC1=[N+]([O-])[O-]. The Hall–Kier alpha value is -1.67.